The third-order valence-corrected chi connectivity index (χ3v) is 5.56. The molecule has 0 radical (unpaired) electrons. The Balaban J connectivity index is 1.60. The predicted octanol–water partition coefficient (Wildman–Crippen LogP) is 6.21. The van der Waals surface area contributed by atoms with Gasteiger partial charge in [0.25, 0.3) is 0 Å². The Bertz CT molecular complexity index is 1340. The number of imidazole rings is 1. The Kier molecular flexibility index (Phi) is 7.52. The summed E-state index contributed by atoms with van der Waals surface area (Å²) in [4.78, 5) is 25.8. The molecule has 0 aliphatic rings. The Morgan fingerprint density at radius 2 is 1.78 bits per heavy atom. The SMILES string of the molecule is CCCCc1nc2cnc(OC)nc2n1Cc1ccc(-c2ccccc2OC(=O)OC(C)(C)C)cc1. The van der Waals surface area contributed by atoms with E-state index in [-0.39, 0.29) is 0 Å². The molecule has 0 bridgehead atoms. The number of benzene rings is 2. The van der Waals surface area contributed by atoms with Crippen LogP contribution in [0, 0.1) is 0 Å². The minimum absolute atomic E-state index is 0.322. The van der Waals surface area contributed by atoms with Crippen molar-refractivity contribution in [2.24, 2.45) is 0 Å². The lowest BCUT2D eigenvalue weighted by Gasteiger charge is -2.19. The summed E-state index contributed by atoms with van der Waals surface area (Å²) in [5.74, 6) is 1.43. The molecule has 0 unspecified atom stereocenters. The van der Waals surface area contributed by atoms with Crippen LogP contribution in [0.3, 0.4) is 0 Å². The van der Waals surface area contributed by atoms with E-state index in [1.165, 1.54) is 0 Å². The lowest BCUT2D eigenvalue weighted by Crippen LogP contribution is -2.26. The first-order valence-corrected chi connectivity index (χ1v) is 12.1. The van der Waals surface area contributed by atoms with Gasteiger partial charge in [-0.05, 0) is 44.4 Å². The molecular weight excluding hydrogens is 456 g/mol. The molecule has 2 aromatic carbocycles. The number of hydrogen-bond donors (Lipinski definition) is 0. The molecule has 0 fully saturated rings. The topological polar surface area (TPSA) is 88.4 Å². The Morgan fingerprint density at radius 3 is 2.47 bits per heavy atom. The molecule has 2 heterocycles. The second-order valence-electron chi connectivity index (χ2n) is 9.54. The number of aryl methyl sites for hydroxylation is 1. The average Bonchev–Trinajstić information content (AvgIpc) is 3.18. The molecule has 8 heteroatoms. The van der Waals surface area contributed by atoms with Crippen molar-refractivity contribution in [3.63, 3.8) is 0 Å². The number of methoxy groups -OCH3 is 1. The van der Waals surface area contributed by atoms with E-state index in [9.17, 15) is 4.79 Å². The van der Waals surface area contributed by atoms with Crippen LogP contribution < -0.4 is 9.47 Å². The highest BCUT2D eigenvalue weighted by atomic mass is 16.7. The van der Waals surface area contributed by atoms with Crippen LogP contribution in [0.4, 0.5) is 4.79 Å². The molecule has 0 saturated heterocycles. The van der Waals surface area contributed by atoms with Crippen molar-refractivity contribution >= 4 is 17.3 Å². The molecule has 4 aromatic rings. The van der Waals surface area contributed by atoms with E-state index in [1.54, 1.807) is 40.1 Å². The molecule has 0 N–H and O–H groups in total. The van der Waals surface area contributed by atoms with E-state index >= 15 is 0 Å². The zero-order valence-electron chi connectivity index (χ0n) is 21.4. The number of nitrogens with zero attached hydrogens (tertiary/aromatic N) is 4. The highest BCUT2D eigenvalue weighted by Gasteiger charge is 2.20. The first-order chi connectivity index (χ1) is 17.3. The number of unbranched alkanes of at least 4 members (excludes halogenated alkanes) is 1. The number of carbonyl (C=O) groups excluding carboxylic acids is 1. The standard InChI is InChI=1S/C28H32N4O4/c1-6-7-12-24-30-22-17-29-26(34-5)31-25(22)32(24)18-19-13-15-20(16-14-19)21-10-8-9-11-23(21)35-27(33)36-28(2,3)4/h8-11,13-17H,6-7,12,18H2,1-5H3. The van der Waals surface area contributed by atoms with Gasteiger partial charge in [-0.25, -0.2) is 14.8 Å². The molecule has 2 aromatic heterocycles. The highest BCUT2D eigenvalue weighted by Crippen LogP contribution is 2.31. The van der Waals surface area contributed by atoms with Gasteiger partial charge in [0, 0.05) is 12.0 Å². The second-order valence-corrected chi connectivity index (χ2v) is 9.54. The van der Waals surface area contributed by atoms with Gasteiger partial charge < -0.3 is 18.8 Å². The number of rotatable bonds is 8. The van der Waals surface area contributed by atoms with Gasteiger partial charge in [0.05, 0.1) is 19.9 Å². The lowest BCUT2D eigenvalue weighted by atomic mass is 10.0. The number of hydrogen-bond acceptors (Lipinski definition) is 7. The van der Waals surface area contributed by atoms with Crippen LogP contribution in [0.25, 0.3) is 22.3 Å². The van der Waals surface area contributed by atoms with Crippen molar-refractivity contribution in [1.29, 1.82) is 0 Å². The molecule has 0 aliphatic heterocycles. The van der Waals surface area contributed by atoms with Gasteiger partial charge in [-0.2, -0.15) is 4.98 Å². The van der Waals surface area contributed by atoms with Crippen molar-refractivity contribution in [2.75, 3.05) is 7.11 Å². The maximum atomic E-state index is 12.2. The number of aromatic nitrogens is 4. The third kappa shape index (κ3) is 6.00. The van der Waals surface area contributed by atoms with E-state index in [1.807, 2.05) is 30.3 Å². The quantitative estimate of drug-likeness (QED) is 0.215. The van der Waals surface area contributed by atoms with Crippen molar-refractivity contribution in [1.82, 2.24) is 19.5 Å². The molecule has 0 spiro atoms. The minimum Gasteiger partial charge on any atom is -0.467 e. The summed E-state index contributed by atoms with van der Waals surface area (Å²) >= 11 is 0. The molecule has 0 atom stereocenters. The fourth-order valence-electron chi connectivity index (χ4n) is 3.87. The van der Waals surface area contributed by atoms with E-state index in [2.05, 4.69) is 33.6 Å². The summed E-state index contributed by atoms with van der Waals surface area (Å²) in [7, 11) is 1.56. The largest absolute Gasteiger partial charge is 0.514 e. The number of para-hydroxylation sites is 1. The molecule has 0 aliphatic carbocycles. The lowest BCUT2D eigenvalue weighted by molar-refractivity contribution is 0.0207. The van der Waals surface area contributed by atoms with Crippen molar-refractivity contribution in [2.45, 2.75) is 59.1 Å². The summed E-state index contributed by atoms with van der Waals surface area (Å²) in [6, 6.07) is 15.9. The van der Waals surface area contributed by atoms with Gasteiger partial charge in [-0.3, -0.25) is 0 Å². The van der Waals surface area contributed by atoms with E-state index < -0.39 is 11.8 Å². The summed E-state index contributed by atoms with van der Waals surface area (Å²) in [6.07, 6.45) is 3.97. The van der Waals surface area contributed by atoms with Crippen molar-refractivity contribution in [3.8, 4) is 22.9 Å². The van der Waals surface area contributed by atoms with Gasteiger partial charge >= 0.3 is 12.2 Å². The fraction of sp³-hybridized carbons (Fsp3) is 0.357. The first-order valence-electron chi connectivity index (χ1n) is 12.1. The van der Waals surface area contributed by atoms with E-state index in [0.717, 1.165) is 52.9 Å². The van der Waals surface area contributed by atoms with Gasteiger partial charge in [0.15, 0.2) is 5.65 Å². The minimum atomic E-state index is -0.726. The molecule has 0 amide bonds. The summed E-state index contributed by atoms with van der Waals surface area (Å²) in [5, 5.41) is 0. The zero-order valence-corrected chi connectivity index (χ0v) is 21.4. The highest BCUT2D eigenvalue weighted by molar-refractivity contribution is 5.75. The van der Waals surface area contributed by atoms with Crippen molar-refractivity contribution < 1.29 is 19.0 Å². The van der Waals surface area contributed by atoms with Gasteiger partial charge in [-0.15, -0.1) is 0 Å². The first kappa shape index (κ1) is 25.2. The number of fused-ring (bicyclic) bond motifs is 1. The Labute approximate surface area is 211 Å². The molecule has 188 valence electrons. The maximum absolute atomic E-state index is 12.2. The van der Waals surface area contributed by atoms with Crippen LogP contribution in [0.5, 0.6) is 11.8 Å². The maximum Gasteiger partial charge on any atom is 0.514 e. The molecule has 0 saturated carbocycles. The number of carbonyl (C=O) groups is 1. The van der Waals surface area contributed by atoms with Crippen LogP contribution in [0.1, 0.15) is 51.9 Å². The van der Waals surface area contributed by atoms with Gasteiger partial charge in [0.1, 0.15) is 22.7 Å². The van der Waals surface area contributed by atoms with Crippen molar-refractivity contribution in [3.05, 3.63) is 66.1 Å². The summed E-state index contributed by atoms with van der Waals surface area (Å²) in [5.41, 5.74) is 3.72. The molecular formula is C28H32N4O4. The monoisotopic (exact) mass is 488 g/mol. The molecule has 8 nitrogen and oxygen atoms in total. The predicted molar refractivity (Wildman–Crippen MR) is 138 cm³/mol. The molecule has 36 heavy (non-hydrogen) atoms. The summed E-state index contributed by atoms with van der Waals surface area (Å²) < 4.78 is 18.2. The molecule has 4 rings (SSSR count). The van der Waals surface area contributed by atoms with Crippen LogP contribution in [-0.2, 0) is 17.7 Å². The second kappa shape index (κ2) is 10.8. The van der Waals surface area contributed by atoms with E-state index in [4.69, 9.17) is 19.2 Å². The zero-order chi connectivity index (χ0) is 25.7. The average molecular weight is 489 g/mol. The fourth-order valence-corrected chi connectivity index (χ4v) is 3.87. The van der Waals surface area contributed by atoms with Gasteiger partial charge in [-0.1, -0.05) is 55.8 Å². The van der Waals surface area contributed by atoms with Crippen LogP contribution in [-0.4, -0.2) is 38.4 Å². The van der Waals surface area contributed by atoms with Crippen LogP contribution in [0.2, 0.25) is 0 Å². The summed E-state index contributed by atoms with van der Waals surface area (Å²) in [6.45, 7) is 8.19. The number of ether oxygens (including phenoxy) is 3. The third-order valence-electron chi connectivity index (χ3n) is 5.56. The van der Waals surface area contributed by atoms with Crippen LogP contribution >= 0.6 is 0 Å². The van der Waals surface area contributed by atoms with Gasteiger partial charge in [0.2, 0.25) is 0 Å². The Hall–Kier alpha value is -3.94. The Morgan fingerprint density at radius 1 is 1.03 bits per heavy atom. The smallest absolute Gasteiger partial charge is 0.467 e. The van der Waals surface area contributed by atoms with E-state index in [0.29, 0.717) is 18.3 Å². The van der Waals surface area contributed by atoms with Crippen LogP contribution in [0.15, 0.2) is 54.7 Å². The normalized spacial score (nSPS) is 11.5.